The van der Waals surface area contributed by atoms with Crippen molar-refractivity contribution in [3.63, 3.8) is 0 Å². The molecule has 0 bridgehead atoms. The number of aryl methyl sites for hydroxylation is 1. The topological polar surface area (TPSA) is 60.9 Å². The van der Waals surface area contributed by atoms with Gasteiger partial charge in [0, 0.05) is 26.2 Å². The highest BCUT2D eigenvalue weighted by Gasteiger charge is 2.32. The number of carbonyl (C=O) groups is 1. The minimum atomic E-state index is -4.06. The van der Waals surface area contributed by atoms with Gasteiger partial charge in [-0.1, -0.05) is 78.4 Å². The Bertz CT molecular complexity index is 1480. The van der Waals surface area contributed by atoms with Crippen LogP contribution in [0.5, 0.6) is 0 Å². The summed E-state index contributed by atoms with van der Waals surface area (Å²) in [7, 11) is -4.06. The van der Waals surface area contributed by atoms with Crippen molar-refractivity contribution in [3.8, 4) is 0 Å². The van der Waals surface area contributed by atoms with Crippen molar-refractivity contribution in [2.75, 3.05) is 37.0 Å². The Morgan fingerprint density at radius 3 is 1.82 bits per heavy atom. The van der Waals surface area contributed by atoms with Crippen LogP contribution in [0.15, 0.2) is 114 Å². The third kappa shape index (κ3) is 6.08. The van der Waals surface area contributed by atoms with Gasteiger partial charge >= 0.3 is 0 Å². The molecule has 8 heteroatoms. The first-order valence-electron chi connectivity index (χ1n) is 13.3. The standard InChI is InChI=1S/C32H32FN3O3S/c1-25-12-18-30(19-13-25)40(38,39)36(29-16-14-28(33)15-17-29)24-31(37)34-20-22-35(23-21-34)32(26-8-4-2-5-9-26)27-10-6-3-7-11-27/h2-19,32H,20-24H2,1H3. The number of sulfonamides is 1. The molecule has 4 aromatic carbocycles. The summed E-state index contributed by atoms with van der Waals surface area (Å²) >= 11 is 0. The number of benzene rings is 4. The second-order valence-corrected chi connectivity index (χ2v) is 11.8. The van der Waals surface area contributed by atoms with E-state index in [2.05, 4.69) is 29.2 Å². The fraction of sp³-hybridized carbons (Fsp3) is 0.219. The van der Waals surface area contributed by atoms with Gasteiger partial charge in [-0.2, -0.15) is 0 Å². The highest BCUT2D eigenvalue weighted by Crippen LogP contribution is 2.30. The Morgan fingerprint density at radius 2 is 1.30 bits per heavy atom. The van der Waals surface area contributed by atoms with E-state index in [1.165, 1.54) is 47.5 Å². The first-order valence-corrected chi connectivity index (χ1v) is 14.7. The maximum absolute atomic E-state index is 13.7. The molecule has 4 aromatic rings. The average Bonchev–Trinajstić information content (AvgIpc) is 2.98. The summed E-state index contributed by atoms with van der Waals surface area (Å²) in [4.78, 5) is 17.7. The van der Waals surface area contributed by atoms with Crippen LogP contribution in [0.4, 0.5) is 10.1 Å². The number of nitrogens with zero attached hydrogens (tertiary/aromatic N) is 3. The molecule has 6 nitrogen and oxygen atoms in total. The van der Waals surface area contributed by atoms with Gasteiger partial charge in [0.05, 0.1) is 16.6 Å². The van der Waals surface area contributed by atoms with Crippen molar-refractivity contribution in [1.82, 2.24) is 9.80 Å². The maximum atomic E-state index is 13.7. The third-order valence-electron chi connectivity index (χ3n) is 7.27. The van der Waals surface area contributed by atoms with E-state index in [1.54, 1.807) is 17.0 Å². The molecule has 0 N–H and O–H groups in total. The van der Waals surface area contributed by atoms with Crippen LogP contribution in [-0.2, 0) is 14.8 Å². The lowest BCUT2D eigenvalue weighted by molar-refractivity contribution is -0.131. The predicted molar refractivity (Wildman–Crippen MR) is 155 cm³/mol. The lowest BCUT2D eigenvalue weighted by Crippen LogP contribution is -2.52. The normalized spacial score (nSPS) is 14.3. The van der Waals surface area contributed by atoms with Crippen molar-refractivity contribution >= 4 is 21.6 Å². The van der Waals surface area contributed by atoms with Gasteiger partial charge in [0.25, 0.3) is 10.0 Å². The Labute approximate surface area is 235 Å². The highest BCUT2D eigenvalue weighted by atomic mass is 32.2. The first-order chi connectivity index (χ1) is 19.3. The largest absolute Gasteiger partial charge is 0.339 e. The zero-order valence-electron chi connectivity index (χ0n) is 22.4. The minimum absolute atomic E-state index is 0.0530. The smallest absolute Gasteiger partial charge is 0.264 e. The average molecular weight is 558 g/mol. The SMILES string of the molecule is Cc1ccc(S(=O)(=O)N(CC(=O)N2CCN(C(c3ccccc3)c3ccccc3)CC2)c2ccc(F)cc2)cc1. The van der Waals surface area contributed by atoms with Crippen LogP contribution in [0, 0.1) is 12.7 Å². The van der Waals surface area contributed by atoms with E-state index in [-0.39, 0.29) is 29.1 Å². The zero-order valence-corrected chi connectivity index (χ0v) is 23.2. The van der Waals surface area contributed by atoms with E-state index in [0.717, 1.165) is 9.87 Å². The third-order valence-corrected chi connectivity index (χ3v) is 9.05. The van der Waals surface area contributed by atoms with Crippen molar-refractivity contribution in [1.29, 1.82) is 0 Å². The van der Waals surface area contributed by atoms with Gasteiger partial charge in [-0.05, 0) is 54.4 Å². The number of hydrogen-bond donors (Lipinski definition) is 0. The summed E-state index contributed by atoms with van der Waals surface area (Å²) in [6.45, 7) is 3.72. The van der Waals surface area contributed by atoms with Crippen LogP contribution in [0.1, 0.15) is 22.7 Å². The number of rotatable bonds is 8. The summed E-state index contributed by atoms with van der Waals surface area (Å²) in [5.74, 6) is -0.777. The van der Waals surface area contributed by atoms with E-state index >= 15 is 0 Å². The van der Waals surface area contributed by atoms with Crippen molar-refractivity contribution in [2.45, 2.75) is 17.9 Å². The molecule has 0 radical (unpaired) electrons. The number of hydrogen-bond acceptors (Lipinski definition) is 4. The van der Waals surface area contributed by atoms with Crippen molar-refractivity contribution < 1.29 is 17.6 Å². The molecule has 1 amide bonds. The molecular formula is C32H32FN3O3S. The Balaban J connectivity index is 1.34. The Hall–Kier alpha value is -4.01. The van der Waals surface area contributed by atoms with Gasteiger partial charge in [0.1, 0.15) is 12.4 Å². The molecule has 5 rings (SSSR count). The number of halogens is 1. The van der Waals surface area contributed by atoms with Crippen LogP contribution in [0.25, 0.3) is 0 Å². The van der Waals surface area contributed by atoms with E-state index in [4.69, 9.17) is 0 Å². The van der Waals surface area contributed by atoms with Gasteiger partial charge in [0.2, 0.25) is 5.91 Å². The van der Waals surface area contributed by atoms with Gasteiger partial charge in [-0.3, -0.25) is 14.0 Å². The molecule has 1 fully saturated rings. The summed E-state index contributed by atoms with van der Waals surface area (Å²) < 4.78 is 42.0. The summed E-state index contributed by atoms with van der Waals surface area (Å²) in [6.07, 6.45) is 0. The molecule has 1 aliphatic rings. The van der Waals surface area contributed by atoms with Gasteiger partial charge < -0.3 is 4.90 Å². The van der Waals surface area contributed by atoms with Crippen LogP contribution in [0.3, 0.4) is 0 Å². The molecule has 1 aliphatic heterocycles. The summed E-state index contributed by atoms with van der Waals surface area (Å²) in [6, 6.07) is 32.3. The molecule has 0 saturated carbocycles. The van der Waals surface area contributed by atoms with E-state index in [9.17, 15) is 17.6 Å². The van der Waals surface area contributed by atoms with E-state index in [0.29, 0.717) is 26.2 Å². The molecule has 1 saturated heterocycles. The quantitative estimate of drug-likeness (QED) is 0.297. The second-order valence-electron chi connectivity index (χ2n) is 9.94. The van der Waals surface area contributed by atoms with Crippen molar-refractivity contribution in [3.05, 3.63) is 132 Å². The van der Waals surface area contributed by atoms with Crippen LogP contribution < -0.4 is 4.31 Å². The molecule has 0 atom stereocenters. The molecule has 0 unspecified atom stereocenters. The molecule has 0 aliphatic carbocycles. The van der Waals surface area contributed by atoms with Gasteiger partial charge in [-0.25, -0.2) is 12.8 Å². The van der Waals surface area contributed by atoms with Crippen LogP contribution in [0.2, 0.25) is 0 Å². The maximum Gasteiger partial charge on any atom is 0.264 e. The summed E-state index contributed by atoms with van der Waals surface area (Å²) in [5.41, 5.74) is 3.52. The minimum Gasteiger partial charge on any atom is -0.339 e. The number of piperazine rings is 1. The molecule has 206 valence electrons. The number of carbonyl (C=O) groups excluding carboxylic acids is 1. The van der Waals surface area contributed by atoms with Gasteiger partial charge in [-0.15, -0.1) is 0 Å². The molecular weight excluding hydrogens is 525 g/mol. The van der Waals surface area contributed by atoms with Crippen molar-refractivity contribution in [2.24, 2.45) is 0 Å². The van der Waals surface area contributed by atoms with E-state index < -0.39 is 15.8 Å². The molecule has 0 aromatic heterocycles. The highest BCUT2D eigenvalue weighted by molar-refractivity contribution is 7.92. The number of amides is 1. The lowest BCUT2D eigenvalue weighted by atomic mass is 9.96. The number of anilines is 1. The molecule has 1 heterocycles. The monoisotopic (exact) mass is 557 g/mol. The molecule has 0 spiro atoms. The fourth-order valence-electron chi connectivity index (χ4n) is 5.10. The van der Waals surface area contributed by atoms with Gasteiger partial charge in [0.15, 0.2) is 0 Å². The first kappa shape index (κ1) is 27.6. The molecule has 40 heavy (non-hydrogen) atoms. The zero-order chi connectivity index (χ0) is 28.1. The Kier molecular flexibility index (Phi) is 8.28. The lowest BCUT2D eigenvalue weighted by Gasteiger charge is -2.40. The van der Waals surface area contributed by atoms with E-state index in [1.807, 2.05) is 43.3 Å². The van der Waals surface area contributed by atoms with Crippen LogP contribution in [-0.4, -0.2) is 56.8 Å². The fourth-order valence-corrected chi connectivity index (χ4v) is 6.51. The second kappa shape index (κ2) is 12.0. The summed E-state index contributed by atoms with van der Waals surface area (Å²) in [5, 5.41) is 0. The predicted octanol–water partition coefficient (Wildman–Crippen LogP) is 5.26. The Morgan fingerprint density at radius 1 is 0.775 bits per heavy atom. The van der Waals surface area contributed by atoms with Crippen LogP contribution >= 0.6 is 0 Å².